The molecule has 3 amide bonds. The van der Waals surface area contributed by atoms with Crippen molar-refractivity contribution < 1.29 is 44.1 Å². The number of carbonyl (C=O) groups excluding carboxylic acids is 3. The van der Waals surface area contributed by atoms with Crippen molar-refractivity contribution in [3.63, 3.8) is 0 Å². The Kier molecular flexibility index (Phi) is 13.4. The minimum Gasteiger partial charge on any atom is -0.481 e. The first kappa shape index (κ1) is 32.3. The zero-order valence-electron chi connectivity index (χ0n) is 20.9. The molecule has 0 saturated heterocycles. The Morgan fingerprint density at radius 1 is 0.769 bits per heavy atom. The highest BCUT2D eigenvalue weighted by Gasteiger charge is 2.32. The van der Waals surface area contributed by atoms with E-state index >= 15 is 0 Å². The van der Waals surface area contributed by atoms with Gasteiger partial charge in [-0.2, -0.15) is 0 Å². The number of nitrogens with one attached hydrogen (secondary N) is 3. The summed E-state index contributed by atoms with van der Waals surface area (Å²) in [7, 11) is 0. The quantitative estimate of drug-likeness (QED) is 0.0535. The first-order valence-electron chi connectivity index (χ1n) is 11.7. The number of hydrogen-bond donors (Lipinski definition) is 9. The van der Waals surface area contributed by atoms with Crippen LogP contribution in [0.15, 0.2) is 35.3 Å². The Morgan fingerprint density at radius 3 is 1.82 bits per heavy atom. The summed E-state index contributed by atoms with van der Waals surface area (Å²) in [5.41, 5.74) is 16.8. The average Bonchev–Trinajstić information content (AvgIpc) is 2.84. The molecule has 0 radical (unpaired) electrons. The summed E-state index contributed by atoms with van der Waals surface area (Å²) in [5.74, 6) is -7.59. The predicted molar refractivity (Wildman–Crippen MR) is 136 cm³/mol. The number of carboxylic acids is 3. The van der Waals surface area contributed by atoms with Gasteiger partial charge in [0.25, 0.3) is 0 Å². The van der Waals surface area contributed by atoms with Gasteiger partial charge < -0.3 is 48.5 Å². The Balaban J connectivity index is 3.06. The van der Waals surface area contributed by atoms with Crippen molar-refractivity contribution >= 4 is 41.6 Å². The topological polar surface area (TPSA) is 290 Å². The molecule has 0 spiro atoms. The van der Waals surface area contributed by atoms with Crippen LogP contribution in [0.2, 0.25) is 0 Å². The van der Waals surface area contributed by atoms with E-state index in [-0.39, 0.29) is 25.3 Å². The summed E-state index contributed by atoms with van der Waals surface area (Å²) in [6.45, 7) is 0.192. The second kappa shape index (κ2) is 16.2. The molecule has 4 unspecified atom stereocenters. The molecule has 12 N–H and O–H groups in total. The molecule has 0 aromatic heterocycles. The van der Waals surface area contributed by atoms with Crippen LogP contribution in [0.4, 0.5) is 0 Å². The van der Waals surface area contributed by atoms with E-state index < -0.39 is 72.6 Å². The number of aliphatic carboxylic acids is 3. The van der Waals surface area contributed by atoms with E-state index in [2.05, 4.69) is 20.9 Å². The lowest BCUT2D eigenvalue weighted by atomic mass is 10.0. The van der Waals surface area contributed by atoms with Gasteiger partial charge in [-0.1, -0.05) is 30.3 Å². The Morgan fingerprint density at radius 2 is 1.28 bits per heavy atom. The normalized spacial score (nSPS) is 13.6. The summed E-state index contributed by atoms with van der Waals surface area (Å²) in [5, 5.41) is 34.1. The van der Waals surface area contributed by atoms with Crippen molar-refractivity contribution in [1.29, 1.82) is 0 Å². The number of hydrogen-bond acceptors (Lipinski definition) is 8. The van der Waals surface area contributed by atoms with Gasteiger partial charge in [0, 0.05) is 13.0 Å². The third kappa shape index (κ3) is 12.9. The maximum absolute atomic E-state index is 13.0. The number of benzene rings is 1. The van der Waals surface area contributed by atoms with Gasteiger partial charge in [0.15, 0.2) is 5.96 Å². The molecule has 39 heavy (non-hydrogen) atoms. The summed E-state index contributed by atoms with van der Waals surface area (Å²) >= 11 is 0. The van der Waals surface area contributed by atoms with Crippen LogP contribution in [0.3, 0.4) is 0 Å². The smallest absolute Gasteiger partial charge is 0.326 e. The Bertz CT molecular complexity index is 1060. The first-order valence-corrected chi connectivity index (χ1v) is 11.7. The average molecular weight is 552 g/mol. The zero-order valence-corrected chi connectivity index (χ0v) is 20.9. The maximum atomic E-state index is 13.0. The minimum absolute atomic E-state index is 0.114. The fourth-order valence-electron chi connectivity index (χ4n) is 3.29. The van der Waals surface area contributed by atoms with E-state index in [1.54, 1.807) is 30.3 Å². The van der Waals surface area contributed by atoms with Crippen molar-refractivity contribution in [3.8, 4) is 0 Å². The third-order valence-electron chi connectivity index (χ3n) is 5.23. The van der Waals surface area contributed by atoms with Gasteiger partial charge in [0.05, 0.1) is 18.9 Å². The largest absolute Gasteiger partial charge is 0.481 e. The van der Waals surface area contributed by atoms with E-state index in [9.17, 15) is 39.0 Å². The van der Waals surface area contributed by atoms with Crippen molar-refractivity contribution in [2.45, 2.75) is 56.3 Å². The molecule has 16 nitrogen and oxygen atoms in total. The van der Waals surface area contributed by atoms with Crippen molar-refractivity contribution in [2.75, 3.05) is 6.54 Å². The van der Waals surface area contributed by atoms with E-state index in [0.717, 1.165) is 0 Å². The minimum atomic E-state index is -1.79. The molecule has 16 heteroatoms. The van der Waals surface area contributed by atoms with Crippen LogP contribution >= 0.6 is 0 Å². The number of nitrogens with zero attached hydrogens (tertiary/aromatic N) is 1. The SMILES string of the molecule is NC(N)=NCCCC(N)C(=O)NC(CC(=O)O)C(=O)NC(Cc1ccccc1)C(=O)NC(CC(=O)O)C(=O)O. The molecular weight excluding hydrogens is 518 g/mol. The highest BCUT2D eigenvalue weighted by atomic mass is 16.4. The lowest BCUT2D eigenvalue weighted by Gasteiger charge is -2.24. The molecule has 1 aromatic rings. The second-order valence-corrected chi connectivity index (χ2v) is 8.46. The van der Waals surface area contributed by atoms with Crippen LogP contribution in [-0.4, -0.2) is 87.6 Å². The van der Waals surface area contributed by atoms with E-state index in [1.807, 2.05) is 0 Å². The molecule has 0 saturated carbocycles. The van der Waals surface area contributed by atoms with Gasteiger partial charge in [-0.25, -0.2) is 4.79 Å². The standard InChI is InChI=1S/C23H33N7O9/c24-13(7-4-8-27-23(25)26)19(35)28-15(10-17(31)32)21(37)29-14(9-12-5-2-1-3-6-12)20(36)30-16(22(38)39)11-18(33)34/h1-3,5-6,13-16H,4,7-11,24H2,(H,28,35)(H,29,37)(H,30,36)(H,31,32)(H,33,34)(H,38,39)(H4,25,26,27). The molecule has 1 rings (SSSR count). The molecule has 0 aliphatic carbocycles. The molecule has 0 aliphatic heterocycles. The van der Waals surface area contributed by atoms with Crippen molar-refractivity contribution in [2.24, 2.45) is 22.2 Å². The van der Waals surface area contributed by atoms with Crippen molar-refractivity contribution in [1.82, 2.24) is 16.0 Å². The lowest BCUT2D eigenvalue weighted by molar-refractivity contribution is -0.147. The number of carboxylic acid groups (broad SMARTS) is 3. The zero-order chi connectivity index (χ0) is 29.5. The third-order valence-corrected chi connectivity index (χ3v) is 5.23. The van der Waals surface area contributed by atoms with Crippen LogP contribution in [-0.2, 0) is 35.2 Å². The summed E-state index contributed by atoms with van der Waals surface area (Å²) < 4.78 is 0. The van der Waals surface area contributed by atoms with Gasteiger partial charge in [-0.05, 0) is 18.4 Å². The molecule has 4 atom stereocenters. The molecule has 1 aromatic carbocycles. The van der Waals surface area contributed by atoms with Gasteiger partial charge in [0.1, 0.15) is 18.1 Å². The van der Waals surface area contributed by atoms with Crippen LogP contribution in [0.1, 0.15) is 31.2 Å². The number of carbonyl (C=O) groups is 6. The van der Waals surface area contributed by atoms with Crippen LogP contribution in [0.5, 0.6) is 0 Å². The number of guanidine groups is 1. The number of amides is 3. The summed E-state index contributed by atoms with van der Waals surface area (Å²) in [6, 6.07) is 2.24. The summed E-state index contributed by atoms with van der Waals surface area (Å²) in [4.78, 5) is 75.9. The number of nitrogens with two attached hydrogens (primary N) is 3. The van der Waals surface area contributed by atoms with Crippen LogP contribution in [0.25, 0.3) is 0 Å². The van der Waals surface area contributed by atoms with E-state index in [0.29, 0.717) is 12.0 Å². The molecule has 0 bridgehead atoms. The molecule has 0 aliphatic rings. The van der Waals surface area contributed by atoms with Gasteiger partial charge >= 0.3 is 17.9 Å². The molecule has 214 valence electrons. The monoisotopic (exact) mass is 551 g/mol. The van der Waals surface area contributed by atoms with E-state index in [4.69, 9.17) is 22.3 Å². The highest BCUT2D eigenvalue weighted by Crippen LogP contribution is 2.07. The number of aliphatic imine (C=N–C) groups is 1. The van der Waals surface area contributed by atoms with Gasteiger partial charge in [0.2, 0.25) is 17.7 Å². The molecule has 0 fully saturated rings. The Hall–Kier alpha value is -4.73. The van der Waals surface area contributed by atoms with Crippen molar-refractivity contribution in [3.05, 3.63) is 35.9 Å². The highest BCUT2D eigenvalue weighted by molar-refractivity contribution is 5.96. The first-order chi connectivity index (χ1) is 18.3. The van der Waals surface area contributed by atoms with E-state index in [1.165, 1.54) is 0 Å². The lowest BCUT2D eigenvalue weighted by Crippen LogP contribution is -2.58. The number of rotatable bonds is 17. The molecular formula is C23H33N7O9. The Labute approximate surface area is 223 Å². The summed E-state index contributed by atoms with van der Waals surface area (Å²) in [6.07, 6.45) is -1.50. The maximum Gasteiger partial charge on any atom is 0.326 e. The second-order valence-electron chi connectivity index (χ2n) is 8.46. The molecule has 0 heterocycles. The predicted octanol–water partition coefficient (Wildman–Crippen LogP) is -2.90. The van der Waals surface area contributed by atoms with Crippen LogP contribution < -0.4 is 33.2 Å². The fraction of sp³-hybridized carbons (Fsp3) is 0.435. The van der Waals surface area contributed by atoms with Crippen LogP contribution in [0, 0.1) is 0 Å². The fourth-order valence-corrected chi connectivity index (χ4v) is 3.29. The van der Waals surface area contributed by atoms with Gasteiger partial charge in [-0.15, -0.1) is 0 Å². The van der Waals surface area contributed by atoms with Gasteiger partial charge in [-0.3, -0.25) is 29.0 Å².